The maximum absolute atomic E-state index is 13.6. The third-order valence-corrected chi connectivity index (χ3v) is 4.76. The summed E-state index contributed by atoms with van der Waals surface area (Å²) in [5.74, 6) is -0.721. The van der Waals surface area contributed by atoms with Crippen LogP contribution >= 0.6 is 0 Å². The van der Waals surface area contributed by atoms with Gasteiger partial charge in [-0.3, -0.25) is 4.79 Å². The lowest BCUT2D eigenvalue weighted by Gasteiger charge is -2.11. The van der Waals surface area contributed by atoms with E-state index >= 15 is 0 Å². The highest BCUT2D eigenvalue weighted by molar-refractivity contribution is 7.89. The maximum atomic E-state index is 13.6. The van der Waals surface area contributed by atoms with Gasteiger partial charge in [-0.15, -0.1) is 0 Å². The van der Waals surface area contributed by atoms with Crippen molar-refractivity contribution in [3.63, 3.8) is 0 Å². The molecule has 2 N–H and O–H groups in total. The minimum absolute atomic E-state index is 0.0915. The zero-order valence-corrected chi connectivity index (χ0v) is 14.0. The molecule has 2 aromatic rings. The summed E-state index contributed by atoms with van der Waals surface area (Å²) in [6, 6.07) is 9.79. The summed E-state index contributed by atoms with van der Waals surface area (Å²) in [5.41, 5.74) is 0.315. The Morgan fingerprint density at radius 1 is 1.21 bits per heavy atom. The van der Waals surface area contributed by atoms with Crippen LogP contribution in [0.2, 0.25) is 0 Å². The van der Waals surface area contributed by atoms with Crippen molar-refractivity contribution in [2.24, 2.45) is 0 Å². The molecule has 2 aromatic carbocycles. The third kappa shape index (κ3) is 3.90. The van der Waals surface area contributed by atoms with Crippen LogP contribution < -0.4 is 14.8 Å². The summed E-state index contributed by atoms with van der Waals surface area (Å²) in [5, 5.41) is 2.42. The molecule has 0 aliphatic carbocycles. The Kier molecular flexibility index (Phi) is 5.53. The van der Waals surface area contributed by atoms with Gasteiger partial charge in [0.1, 0.15) is 11.6 Å². The number of nitrogens with one attached hydrogen (secondary N) is 2. The van der Waals surface area contributed by atoms with Gasteiger partial charge >= 0.3 is 0 Å². The molecule has 6 nitrogen and oxygen atoms in total. The van der Waals surface area contributed by atoms with Crippen molar-refractivity contribution < 1.29 is 22.3 Å². The second-order valence-electron chi connectivity index (χ2n) is 4.86. The highest BCUT2D eigenvalue weighted by Gasteiger charge is 2.19. The van der Waals surface area contributed by atoms with Crippen molar-refractivity contribution in [2.75, 3.05) is 14.2 Å². The lowest BCUT2D eigenvalue weighted by molar-refractivity contribution is 0.0960. The SMILES string of the molecule is CNC(=O)c1cc(S(=O)(=O)NCc2ccccc2F)ccc1OC. The van der Waals surface area contributed by atoms with Crippen molar-refractivity contribution >= 4 is 15.9 Å². The average molecular weight is 352 g/mol. The Labute approximate surface area is 139 Å². The fourth-order valence-electron chi connectivity index (χ4n) is 2.06. The van der Waals surface area contributed by atoms with Gasteiger partial charge in [0, 0.05) is 19.2 Å². The molecule has 0 unspecified atom stereocenters. The van der Waals surface area contributed by atoms with Crippen LogP contribution in [0, 0.1) is 5.82 Å². The highest BCUT2D eigenvalue weighted by atomic mass is 32.2. The first kappa shape index (κ1) is 17.9. The van der Waals surface area contributed by atoms with Crippen molar-refractivity contribution in [1.82, 2.24) is 10.0 Å². The molecule has 0 radical (unpaired) electrons. The number of carbonyl (C=O) groups excluding carboxylic acids is 1. The van der Waals surface area contributed by atoms with Crippen molar-refractivity contribution in [3.8, 4) is 5.75 Å². The van der Waals surface area contributed by atoms with Gasteiger partial charge < -0.3 is 10.1 Å². The molecule has 0 spiro atoms. The molecule has 0 aromatic heterocycles. The number of rotatable bonds is 6. The third-order valence-electron chi connectivity index (χ3n) is 3.36. The molecule has 1 amide bonds. The van der Waals surface area contributed by atoms with E-state index in [4.69, 9.17) is 4.74 Å². The quantitative estimate of drug-likeness (QED) is 0.828. The fraction of sp³-hybridized carbons (Fsp3) is 0.188. The fourth-order valence-corrected chi connectivity index (χ4v) is 3.10. The maximum Gasteiger partial charge on any atom is 0.254 e. The van der Waals surface area contributed by atoms with Gasteiger partial charge in [-0.1, -0.05) is 18.2 Å². The van der Waals surface area contributed by atoms with Crippen LogP contribution in [-0.4, -0.2) is 28.5 Å². The monoisotopic (exact) mass is 352 g/mol. The minimum Gasteiger partial charge on any atom is -0.496 e. The van der Waals surface area contributed by atoms with Crippen LogP contribution in [0.4, 0.5) is 4.39 Å². The smallest absolute Gasteiger partial charge is 0.254 e. The average Bonchev–Trinajstić information content (AvgIpc) is 2.59. The largest absolute Gasteiger partial charge is 0.496 e. The summed E-state index contributed by atoms with van der Waals surface area (Å²) in [6.07, 6.45) is 0. The first-order chi connectivity index (χ1) is 11.4. The van der Waals surface area contributed by atoms with E-state index in [1.165, 1.54) is 50.6 Å². The van der Waals surface area contributed by atoms with Crippen molar-refractivity contribution in [2.45, 2.75) is 11.4 Å². The van der Waals surface area contributed by atoms with Crippen LogP contribution in [0.15, 0.2) is 47.4 Å². The standard InChI is InChI=1S/C16H17FN2O4S/c1-18-16(20)13-9-12(7-8-15(13)23-2)24(21,22)19-10-11-5-3-4-6-14(11)17/h3-9,19H,10H2,1-2H3,(H,18,20). The molecule has 0 aliphatic heterocycles. The van der Waals surface area contributed by atoms with Crippen LogP contribution in [0.25, 0.3) is 0 Å². The Hall–Kier alpha value is -2.45. The first-order valence-electron chi connectivity index (χ1n) is 7.02. The zero-order chi connectivity index (χ0) is 17.7. The van der Waals surface area contributed by atoms with Crippen LogP contribution in [0.5, 0.6) is 5.75 Å². The van der Waals surface area contributed by atoms with E-state index in [0.29, 0.717) is 0 Å². The second kappa shape index (κ2) is 7.41. The normalized spacial score (nSPS) is 11.1. The molecule has 2 rings (SSSR count). The summed E-state index contributed by atoms with van der Waals surface area (Å²) in [6.45, 7) is -0.198. The lowest BCUT2D eigenvalue weighted by atomic mass is 10.2. The van der Waals surface area contributed by atoms with E-state index in [-0.39, 0.29) is 28.3 Å². The Balaban J connectivity index is 2.29. The first-order valence-corrected chi connectivity index (χ1v) is 8.50. The number of ether oxygens (including phenoxy) is 1. The summed E-state index contributed by atoms with van der Waals surface area (Å²) in [4.78, 5) is 11.7. The zero-order valence-electron chi connectivity index (χ0n) is 13.2. The number of amides is 1. The van der Waals surface area contributed by atoms with Gasteiger partial charge in [0.25, 0.3) is 5.91 Å². The van der Waals surface area contributed by atoms with Gasteiger partial charge in [-0.05, 0) is 24.3 Å². The Morgan fingerprint density at radius 2 is 1.92 bits per heavy atom. The van der Waals surface area contributed by atoms with E-state index < -0.39 is 21.7 Å². The Bertz CT molecular complexity index is 853. The number of benzene rings is 2. The number of hydrogen-bond acceptors (Lipinski definition) is 4. The van der Waals surface area contributed by atoms with Gasteiger partial charge in [0.05, 0.1) is 17.6 Å². The number of halogens is 1. The van der Waals surface area contributed by atoms with Gasteiger partial charge in [0.2, 0.25) is 10.0 Å². The molecule has 0 saturated heterocycles. The van der Waals surface area contributed by atoms with E-state index in [2.05, 4.69) is 10.0 Å². The minimum atomic E-state index is -3.92. The van der Waals surface area contributed by atoms with E-state index in [0.717, 1.165) is 0 Å². The molecule has 24 heavy (non-hydrogen) atoms. The molecule has 0 bridgehead atoms. The summed E-state index contributed by atoms with van der Waals surface area (Å²) >= 11 is 0. The van der Waals surface area contributed by atoms with Crippen LogP contribution in [-0.2, 0) is 16.6 Å². The molecule has 0 fully saturated rings. The molecule has 8 heteroatoms. The van der Waals surface area contributed by atoms with Crippen LogP contribution in [0.3, 0.4) is 0 Å². The van der Waals surface area contributed by atoms with Gasteiger partial charge in [0.15, 0.2) is 0 Å². The molecule has 0 atom stereocenters. The van der Waals surface area contributed by atoms with Crippen LogP contribution in [0.1, 0.15) is 15.9 Å². The van der Waals surface area contributed by atoms with E-state index in [9.17, 15) is 17.6 Å². The summed E-state index contributed by atoms with van der Waals surface area (Å²) in [7, 11) is -1.11. The van der Waals surface area contributed by atoms with Gasteiger partial charge in [-0.2, -0.15) is 0 Å². The van der Waals surface area contributed by atoms with E-state index in [1.54, 1.807) is 6.07 Å². The summed E-state index contributed by atoms with van der Waals surface area (Å²) < 4.78 is 45.7. The predicted octanol–water partition coefficient (Wildman–Crippen LogP) is 1.67. The molecule has 0 aliphatic rings. The Morgan fingerprint density at radius 3 is 2.54 bits per heavy atom. The lowest BCUT2D eigenvalue weighted by Crippen LogP contribution is -2.25. The van der Waals surface area contributed by atoms with Gasteiger partial charge in [-0.25, -0.2) is 17.5 Å². The molecular formula is C16H17FN2O4S. The number of carbonyl (C=O) groups is 1. The predicted molar refractivity (Wildman–Crippen MR) is 86.8 cm³/mol. The topological polar surface area (TPSA) is 84.5 Å². The molecule has 0 saturated carbocycles. The second-order valence-corrected chi connectivity index (χ2v) is 6.62. The van der Waals surface area contributed by atoms with Crippen molar-refractivity contribution in [1.29, 1.82) is 0 Å². The number of hydrogen-bond donors (Lipinski definition) is 2. The molecular weight excluding hydrogens is 335 g/mol. The molecule has 128 valence electrons. The number of methoxy groups -OCH3 is 1. The van der Waals surface area contributed by atoms with Crippen molar-refractivity contribution in [3.05, 3.63) is 59.4 Å². The highest BCUT2D eigenvalue weighted by Crippen LogP contribution is 2.22. The van der Waals surface area contributed by atoms with E-state index in [1.807, 2.05) is 0 Å². The number of sulfonamides is 1. The molecule has 0 heterocycles.